The molecule has 1 fully saturated rings. The van der Waals surface area contributed by atoms with Gasteiger partial charge in [-0.2, -0.15) is 0 Å². The predicted octanol–water partition coefficient (Wildman–Crippen LogP) is 3.19. The molecule has 0 saturated heterocycles. The Morgan fingerprint density at radius 3 is 2.48 bits per heavy atom. The van der Waals surface area contributed by atoms with Crippen LogP contribution in [0.5, 0.6) is 0 Å². The second-order valence-corrected chi connectivity index (χ2v) is 6.11. The van der Waals surface area contributed by atoms with Crippen molar-refractivity contribution in [3.8, 4) is 0 Å². The third-order valence-electron chi connectivity index (χ3n) is 4.78. The molecule has 0 aromatic heterocycles. The van der Waals surface area contributed by atoms with Gasteiger partial charge in [0.05, 0.1) is 12.5 Å². The molecule has 1 aromatic carbocycles. The zero-order valence-electron chi connectivity index (χ0n) is 13.2. The van der Waals surface area contributed by atoms with E-state index in [0.717, 1.165) is 24.8 Å². The summed E-state index contributed by atoms with van der Waals surface area (Å²) in [4.78, 5) is 15.0. The maximum Gasteiger partial charge on any atom is 0.230 e. The van der Waals surface area contributed by atoms with Gasteiger partial charge in [0.1, 0.15) is 0 Å². The van der Waals surface area contributed by atoms with E-state index >= 15 is 0 Å². The Kier molecular flexibility index (Phi) is 5.80. The summed E-state index contributed by atoms with van der Waals surface area (Å²) in [6, 6.07) is 10.4. The van der Waals surface area contributed by atoms with Gasteiger partial charge in [0.25, 0.3) is 0 Å². The Bertz CT molecular complexity index is 442. The van der Waals surface area contributed by atoms with Gasteiger partial charge in [-0.1, -0.05) is 50.6 Å². The molecule has 116 valence electrons. The van der Waals surface area contributed by atoms with Crippen molar-refractivity contribution in [1.29, 1.82) is 0 Å². The van der Waals surface area contributed by atoms with Crippen LogP contribution in [-0.2, 0) is 4.79 Å². The molecule has 1 saturated carbocycles. The van der Waals surface area contributed by atoms with E-state index in [1.54, 1.807) is 0 Å². The second-order valence-electron chi connectivity index (χ2n) is 6.11. The molecule has 0 heterocycles. The van der Waals surface area contributed by atoms with Crippen LogP contribution in [0.25, 0.3) is 0 Å². The lowest BCUT2D eigenvalue weighted by Crippen LogP contribution is -2.48. The number of carbonyl (C=O) groups excluding carboxylic acids is 1. The number of aliphatic hydroxyl groups excluding tert-OH is 1. The summed E-state index contributed by atoms with van der Waals surface area (Å²) in [6.07, 6.45) is 4.32. The summed E-state index contributed by atoms with van der Waals surface area (Å²) in [7, 11) is 0. The Balaban J connectivity index is 2.24. The Morgan fingerprint density at radius 1 is 1.33 bits per heavy atom. The lowest BCUT2D eigenvalue weighted by Gasteiger charge is -2.40. The summed E-state index contributed by atoms with van der Waals surface area (Å²) in [5.41, 5.74) is 1.10. The Morgan fingerprint density at radius 2 is 2.00 bits per heavy atom. The number of nitrogens with zero attached hydrogens (tertiary/aromatic N) is 1. The van der Waals surface area contributed by atoms with E-state index < -0.39 is 0 Å². The average molecular weight is 289 g/mol. The van der Waals surface area contributed by atoms with Crippen molar-refractivity contribution in [2.75, 3.05) is 13.2 Å². The maximum absolute atomic E-state index is 13.1. The minimum absolute atomic E-state index is 0.0459. The SMILES string of the molecule is CCC(C)C(C(=O)N(CCO)C1CCC1)c1ccccc1. The Labute approximate surface area is 128 Å². The molecule has 1 aliphatic rings. The monoisotopic (exact) mass is 289 g/mol. The van der Waals surface area contributed by atoms with Crippen LogP contribution >= 0.6 is 0 Å². The van der Waals surface area contributed by atoms with Crippen LogP contribution in [0.1, 0.15) is 51.0 Å². The molecule has 1 aromatic rings. The van der Waals surface area contributed by atoms with E-state index in [1.807, 2.05) is 35.2 Å². The highest BCUT2D eigenvalue weighted by Gasteiger charge is 2.35. The minimum atomic E-state index is -0.0941. The van der Waals surface area contributed by atoms with Crippen molar-refractivity contribution in [3.63, 3.8) is 0 Å². The van der Waals surface area contributed by atoms with Crippen molar-refractivity contribution >= 4 is 5.91 Å². The van der Waals surface area contributed by atoms with Crippen molar-refractivity contribution in [3.05, 3.63) is 35.9 Å². The lowest BCUT2D eigenvalue weighted by atomic mass is 9.82. The number of hydrogen-bond acceptors (Lipinski definition) is 2. The maximum atomic E-state index is 13.1. The van der Waals surface area contributed by atoms with Crippen LogP contribution in [0.15, 0.2) is 30.3 Å². The lowest BCUT2D eigenvalue weighted by molar-refractivity contribution is -0.138. The van der Waals surface area contributed by atoms with Gasteiger partial charge in [0.15, 0.2) is 0 Å². The van der Waals surface area contributed by atoms with Gasteiger partial charge in [0.2, 0.25) is 5.91 Å². The first-order valence-corrected chi connectivity index (χ1v) is 8.15. The third kappa shape index (κ3) is 3.65. The topological polar surface area (TPSA) is 40.5 Å². The van der Waals surface area contributed by atoms with Crippen molar-refractivity contribution in [1.82, 2.24) is 4.90 Å². The van der Waals surface area contributed by atoms with Gasteiger partial charge in [-0.3, -0.25) is 4.79 Å². The molecule has 3 nitrogen and oxygen atoms in total. The molecule has 1 N–H and O–H groups in total. The summed E-state index contributed by atoms with van der Waals surface area (Å²) in [5.74, 6) is 0.402. The molecular formula is C18H27NO2. The van der Waals surface area contributed by atoms with Crippen LogP contribution in [0, 0.1) is 5.92 Å². The van der Waals surface area contributed by atoms with Gasteiger partial charge in [-0.15, -0.1) is 0 Å². The first-order valence-electron chi connectivity index (χ1n) is 8.15. The molecule has 3 heteroatoms. The first-order chi connectivity index (χ1) is 10.2. The smallest absolute Gasteiger partial charge is 0.230 e. The van der Waals surface area contributed by atoms with Gasteiger partial charge < -0.3 is 10.0 Å². The number of hydrogen-bond donors (Lipinski definition) is 1. The molecule has 1 amide bonds. The highest BCUT2D eigenvalue weighted by Crippen LogP contribution is 2.33. The van der Waals surface area contributed by atoms with E-state index in [9.17, 15) is 9.90 Å². The zero-order chi connectivity index (χ0) is 15.2. The molecule has 21 heavy (non-hydrogen) atoms. The molecule has 0 spiro atoms. The van der Waals surface area contributed by atoms with Crippen LogP contribution in [-0.4, -0.2) is 35.1 Å². The zero-order valence-corrected chi connectivity index (χ0v) is 13.2. The molecular weight excluding hydrogens is 262 g/mol. The van der Waals surface area contributed by atoms with E-state index in [1.165, 1.54) is 6.42 Å². The van der Waals surface area contributed by atoms with Gasteiger partial charge >= 0.3 is 0 Å². The second kappa shape index (κ2) is 7.60. The number of benzene rings is 1. The highest BCUT2D eigenvalue weighted by molar-refractivity contribution is 5.84. The number of carbonyl (C=O) groups is 1. The summed E-state index contributed by atoms with van der Waals surface area (Å²) >= 11 is 0. The molecule has 0 radical (unpaired) electrons. The third-order valence-corrected chi connectivity index (χ3v) is 4.78. The van der Waals surface area contributed by atoms with Gasteiger partial charge in [-0.05, 0) is 30.7 Å². The standard InChI is InChI=1S/C18H27NO2/c1-3-14(2)17(15-8-5-4-6-9-15)18(21)19(12-13-20)16-10-7-11-16/h4-6,8-9,14,16-17,20H,3,7,10-13H2,1-2H3. The van der Waals surface area contributed by atoms with E-state index in [0.29, 0.717) is 18.5 Å². The largest absolute Gasteiger partial charge is 0.395 e. The fraction of sp³-hybridized carbons (Fsp3) is 0.611. The predicted molar refractivity (Wildman–Crippen MR) is 85.1 cm³/mol. The molecule has 1 aliphatic carbocycles. The fourth-order valence-electron chi connectivity index (χ4n) is 3.07. The van der Waals surface area contributed by atoms with Crippen molar-refractivity contribution in [2.45, 2.75) is 51.5 Å². The van der Waals surface area contributed by atoms with Crippen molar-refractivity contribution < 1.29 is 9.90 Å². The average Bonchev–Trinajstić information content (AvgIpc) is 2.46. The number of rotatable bonds is 7. The molecule has 2 unspecified atom stereocenters. The quantitative estimate of drug-likeness (QED) is 0.837. The number of aliphatic hydroxyl groups is 1. The normalized spacial score (nSPS) is 17.9. The molecule has 0 aliphatic heterocycles. The molecule has 2 rings (SSSR count). The van der Waals surface area contributed by atoms with Gasteiger partial charge in [0, 0.05) is 12.6 Å². The summed E-state index contributed by atoms with van der Waals surface area (Å²) in [5, 5.41) is 9.31. The summed E-state index contributed by atoms with van der Waals surface area (Å²) < 4.78 is 0. The minimum Gasteiger partial charge on any atom is -0.395 e. The van der Waals surface area contributed by atoms with Crippen LogP contribution < -0.4 is 0 Å². The van der Waals surface area contributed by atoms with Gasteiger partial charge in [-0.25, -0.2) is 0 Å². The van der Waals surface area contributed by atoms with E-state index in [2.05, 4.69) is 13.8 Å². The fourth-order valence-corrected chi connectivity index (χ4v) is 3.07. The van der Waals surface area contributed by atoms with Crippen LogP contribution in [0.3, 0.4) is 0 Å². The van der Waals surface area contributed by atoms with Crippen LogP contribution in [0.2, 0.25) is 0 Å². The molecule has 0 bridgehead atoms. The van der Waals surface area contributed by atoms with E-state index in [-0.39, 0.29) is 18.4 Å². The van der Waals surface area contributed by atoms with E-state index in [4.69, 9.17) is 0 Å². The number of amides is 1. The first kappa shape index (κ1) is 16.0. The van der Waals surface area contributed by atoms with Crippen molar-refractivity contribution in [2.24, 2.45) is 5.92 Å². The highest BCUT2D eigenvalue weighted by atomic mass is 16.3. The molecule has 2 atom stereocenters. The van der Waals surface area contributed by atoms with Crippen LogP contribution in [0.4, 0.5) is 0 Å². The Hall–Kier alpha value is -1.35. The summed E-state index contributed by atoms with van der Waals surface area (Å²) in [6.45, 7) is 4.79.